The Labute approximate surface area is 129 Å². The summed E-state index contributed by atoms with van der Waals surface area (Å²) >= 11 is 1.61. The number of nitrogens with one attached hydrogen (secondary N) is 1. The molecule has 6 heteroatoms. The average Bonchev–Trinajstić information content (AvgIpc) is 3.01. The molecule has 1 unspecified atom stereocenters. The topological polar surface area (TPSA) is 69.6 Å². The number of nitrogens with zero attached hydrogens (tertiary/aromatic N) is 1. The van der Waals surface area contributed by atoms with Crippen LogP contribution in [0.3, 0.4) is 0 Å². The van der Waals surface area contributed by atoms with E-state index in [1.54, 1.807) is 16.2 Å². The van der Waals surface area contributed by atoms with Gasteiger partial charge in [-0.3, -0.25) is 4.79 Å². The molecule has 2 heterocycles. The number of carbonyl (C=O) groups is 2. The van der Waals surface area contributed by atoms with Crippen molar-refractivity contribution in [3.8, 4) is 0 Å². The average molecular weight is 310 g/mol. The zero-order valence-electron chi connectivity index (χ0n) is 12.5. The Hall–Kier alpha value is -1.56. The number of piperidine rings is 1. The lowest BCUT2D eigenvalue weighted by atomic mass is 9.76. The molecule has 1 aromatic heterocycles. The fourth-order valence-corrected chi connectivity index (χ4v) is 3.49. The highest BCUT2D eigenvalue weighted by Gasteiger charge is 2.40. The molecule has 1 aromatic rings. The summed E-state index contributed by atoms with van der Waals surface area (Å²) in [7, 11) is 0. The van der Waals surface area contributed by atoms with Crippen molar-refractivity contribution in [1.82, 2.24) is 10.2 Å². The van der Waals surface area contributed by atoms with E-state index in [1.165, 1.54) is 0 Å². The lowest BCUT2D eigenvalue weighted by Crippen LogP contribution is -2.49. The van der Waals surface area contributed by atoms with E-state index in [2.05, 4.69) is 5.32 Å². The first-order valence-corrected chi connectivity index (χ1v) is 8.24. The number of amides is 2. The number of carbonyl (C=O) groups excluding carboxylic acids is 1. The predicted octanol–water partition coefficient (Wildman–Crippen LogP) is 3.10. The number of hydrogen-bond acceptors (Lipinski definition) is 3. The van der Waals surface area contributed by atoms with Gasteiger partial charge in [0.25, 0.3) is 0 Å². The molecule has 1 aliphatic rings. The van der Waals surface area contributed by atoms with Crippen LogP contribution in [0.25, 0.3) is 0 Å². The second kappa shape index (κ2) is 6.47. The molecule has 1 fully saturated rings. The van der Waals surface area contributed by atoms with Gasteiger partial charge in [0.1, 0.15) is 0 Å². The van der Waals surface area contributed by atoms with E-state index in [-0.39, 0.29) is 12.1 Å². The number of hydrogen-bond donors (Lipinski definition) is 2. The first kappa shape index (κ1) is 15.8. The molecule has 1 aliphatic heterocycles. The summed E-state index contributed by atoms with van der Waals surface area (Å²) in [4.78, 5) is 25.4. The van der Waals surface area contributed by atoms with Crippen LogP contribution in [0.2, 0.25) is 0 Å². The highest BCUT2D eigenvalue weighted by Crippen LogP contribution is 2.35. The number of likely N-dealkylation sites (tertiary alicyclic amines) is 1. The minimum Gasteiger partial charge on any atom is -0.481 e. The zero-order chi connectivity index (χ0) is 15.5. The largest absolute Gasteiger partial charge is 0.481 e. The molecule has 0 spiro atoms. The fourth-order valence-electron chi connectivity index (χ4n) is 2.74. The molecule has 5 nitrogen and oxygen atoms in total. The SMILES string of the molecule is CCC1(C(=O)O)CCN(C(=O)NC(C)c2ccsc2)CC1. The van der Waals surface area contributed by atoms with Gasteiger partial charge in [-0.15, -0.1) is 0 Å². The maximum Gasteiger partial charge on any atom is 0.317 e. The van der Waals surface area contributed by atoms with E-state index in [0.717, 1.165) is 5.56 Å². The van der Waals surface area contributed by atoms with Gasteiger partial charge in [-0.1, -0.05) is 6.92 Å². The van der Waals surface area contributed by atoms with E-state index in [1.807, 2.05) is 30.7 Å². The van der Waals surface area contributed by atoms with Crippen molar-refractivity contribution in [2.45, 2.75) is 39.2 Å². The molecule has 116 valence electrons. The molecule has 21 heavy (non-hydrogen) atoms. The van der Waals surface area contributed by atoms with Crippen LogP contribution in [0.1, 0.15) is 44.7 Å². The van der Waals surface area contributed by atoms with Crippen LogP contribution in [0.4, 0.5) is 4.79 Å². The van der Waals surface area contributed by atoms with E-state index >= 15 is 0 Å². The second-order valence-corrected chi connectivity index (χ2v) is 6.43. The van der Waals surface area contributed by atoms with E-state index in [4.69, 9.17) is 0 Å². The molecule has 1 saturated heterocycles. The fraction of sp³-hybridized carbons (Fsp3) is 0.600. The first-order valence-electron chi connectivity index (χ1n) is 7.29. The molecule has 0 aliphatic carbocycles. The summed E-state index contributed by atoms with van der Waals surface area (Å²) < 4.78 is 0. The van der Waals surface area contributed by atoms with Gasteiger partial charge in [0.15, 0.2) is 0 Å². The molecule has 0 bridgehead atoms. The molecule has 2 amide bonds. The first-order chi connectivity index (χ1) is 9.98. The van der Waals surface area contributed by atoms with Gasteiger partial charge >= 0.3 is 12.0 Å². The lowest BCUT2D eigenvalue weighted by Gasteiger charge is -2.38. The third-order valence-electron chi connectivity index (χ3n) is 4.52. The second-order valence-electron chi connectivity index (χ2n) is 5.65. The van der Waals surface area contributed by atoms with Crippen LogP contribution in [0.15, 0.2) is 16.8 Å². The number of urea groups is 1. The summed E-state index contributed by atoms with van der Waals surface area (Å²) in [5.41, 5.74) is 0.439. The monoisotopic (exact) mass is 310 g/mol. The Morgan fingerprint density at radius 2 is 2.14 bits per heavy atom. The van der Waals surface area contributed by atoms with Crippen molar-refractivity contribution < 1.29 is 14.7 Å². The van der Waals surface area contributed by atoms with Crippen LogP contribution in [-0.2, 0) is 4.79 Å². The molecule has 2 N–H and O–H groups in total. The van der Waals surface area contributed by atoms with Gasteiger partial charge in [0.05, 0.1) is 11.5 Å². The quantitative estimate of drug-likeness (QED) is 0.898. The number of carboxylic acid groups (broad SMARTS) is 1. The summed E-state index contributed by atoms with van der Waals surface area (Å²) in [6.45, 7) is 4.87. The highest BCUT2D eigenvalue weighted by atomic mass is 32.1. The van der Waals surface area contributed by atoms with E-state index in [9.17, 15) is 14.7 Å². The van der Waals surface area contributed by atoms with Crippen molar-refractivity contribution in [2.24, 2.45) is 5.41 Å². The smallest absolute Gasteiger partial charge is 0.317 e. The summed E-state index contributed by atoms with van der Waals surface area (Å²) in [6.07, 6.45) is 1.67. The van der Waals surface area contributed by atoms with Gasteiger partial charge in [-0.25, -0.2) is 4.79 Å². The number of carboxylic acids is 1. The van der Waals surface area contributed by atoms with Crippen molar-refractivity contribution in [1.29, 1.82) is 0 Å². The number of thiophene rings is 1. The number of rotatable bonds is 4. The Morgan fingerprint density at radius 1 is 1.48 bits per heavy atom. The van der Waals surface area contributed by atoms with Gasteiger partial charge in [-0.05, 0) is 48.6 Å². The van der Waals surface area contributed by atoms with E-state index < -0.39 is 11.4 Å². The lowest BCUT2D eigenvalue weighted by molar-refractivity contribution is -0.151. The third kappa shape index (κ3) is 3.37. The molecule has 2 rings (SSSR count). The summed E-state index contributed by atoms with van der Waals surface area (Å²) in [5, 5.41) is 16.3. The highest BCUT2D eigenvalue weighted by molar-refractivity contribution is 7.07. The maximum absolute atomic E-state index is 12.2. The van der Waals surface area contributed by atoms with E-state index in [0.29, 0.717) is 32.4 Å². The van der Waals surface area contributed by atoms with Crippen LogP contribution in [0, 0.1) is 5.41 Å². The standard InChI is InChI=1S/C15H22N2O3S/c1-3-15(13(18)19)5-7-17(8-6-15)14(20)16-11(2)12-4-9-21-10-12/h4,9-11H,3,5-8H2,1-2H3,(H,16,20)(H,18,19). The third-order valence-corrected chi connectivity index (χ3v) is 5.22. The summed E-state index contributed by atoms with van der Waals surface area (Å²) in [6, 6.07) is 1.86. The van der Waals surface area contributed by atoms with Gasteiger partial charge in [0.2, 0.25) is 0 Å². The summed E-state index contributed by atoms with van der Waals surface area (Å²) in [5.74, 6) is -0.739. The predicted molar refractivity (Wildman–Crippen MR) is 82.4 cm³/mol. The van der Waals surface area contributed by atoms with Crippen LogP contribution in [0.5, 0.6) is 0 Å². The maximum atomic E-state index is 12.2. The zero-order valence-corrected chi connectivity index (χ0v) is 13.3. The van der Waals surface area contributed by atoms with Gasteiger partial charge in [-0.2, -0.15) is 11.3 Å². The van der Waals surface area contributed by atoms with Gasteiger partial charge < -0.3 is 15.3 Å². The Bertz CT molecular complexity index is 493. The minimum atomic E-state index is -0.739. The van der Waals surface area contributed by atoms with Gasteiger partial charge in [0, 0.05) is 13.1 Å². The van der Waals surface area contributed by atoms with Crippen LogP contribution >= 0.6 is 11.3 Å². The van der Waals surface area contributed by atoms with Crippen molar-refractivity contribution in [3.63, 3.8) is 0 Å². The minimum absolute atomic E-state index is 0.0268. The Balaban J connectivity index is 1.90. The molecular weight excluding hydrogens is 288 g/mol. The Kier molecular flexibility index (Phi) is 4.88. The molecular formula is C15H22N2O3S. The van der Waals surface area contributed by atoms with Crippen molar-refractivity contribution in [3.05, 3.63) is 22.4 Å². The normalized spacial score (nSPS) is 19.0. The van der Waals surface area contributed by atoms with Crippen molar-refractivity contribution >= 4 is 23.3 Å². The van der Waals surface area contributed by atoms with Crippen LogP contribution < -0.4 is 5.32 Å². The molecule has 0 radical (unpaired) electrons. The Morgan fingerprint density at radius 3 is 2.62 bits per heavy atom. The number of aliphatic carboxylic acids is 1. The molecule has 0 aromatic carbocycles. The molecule has 1 atom stereocenters. The molecule has 0 saturated carbocycles. The van der Waals surface area contributed by atoms with Crippen LogP contribution in [-0.4, -0.2) is 35.1 Å². The van der Waals surface area contributed by atoms with Crippen molar-refractivity contribution in [2.75, 3.05) is 13.1 Å².